The molecule has 0 aromatic heterocycles. The van der Waals surface area contributed by atoms with Crippen LogP contribution in [0.1, 0.15) is 24.4 Å². The van der Waals surface area contributed by atoms with E-state index in [1.807, 2.05) is 12.1 Å². The van der Waals surface area contributed by atoms with Crippen LogP contribution in [-0.2, 0) is 0 Å². The van der Waals surface area contributed by atoms with Gasteiger partial charge in [-0.2, -0.15) is 0 Å². The molecule has 2 N–H and O–H groups in total. The van der Waals surface area contributed by atoms with Crippen LogP contribution in [0.2, 0.25) is 5.02 Å². The van der Waals surface area contributed by atoms with Gasteiger partial charge < -0.3 is 5.32 Å². The molecule has 1 nitrogen and oxygen atoms in total. The summed E-state index contributed by atoms with van der Waals surface area (Å²) in [5.74, 6) is 0. The molecule has 0 amide bonds. The molecule has 12 heavy (non-hydrogen) atoms. The normalized spacial score (nSPS) is 22.9. The molecule has 1 atom stereocenters. The molecule has 1 aliphatic heterocycles. The smallest absolute Gasteiger partial charge is 0.112 e. The van der Waals surface area contributed by atoms with Crippen LogP contribution >= 0.6 is 11.6 Å². The molecule has 1 aromatic rings. The number of halogens is 1. The molecule has 1 aromatic carbocycles. The highest BCUT2D eigenvalue weighted by atomic mass is 35.5. The van der Waals surface area contributed by atoms with Gasteiger partial charge in [0.25, 0.3) is 0 Å². The minimum atomic E-state index is 0.656. The summed E-state index contributed by atoms with van der Waals surface area (Å²) in [7, 11) is 0. The molecule has 2 heteroatoms. The van der Waals surface area contributed by atoms with E-state index in [2.05, 4.69) is 17.4 Å². The van der Waals surface area contributed by atoms with Gasteiger partial charge in [-0.3, -0.25) is 0 Å². The van der Waals surface area contributed by atoms with Gasteiger partial charge in [0.15, 0.2) is 0 Å². The maximum Gasteiger partial charge on any atom is 0.112 e. The number of hydrogen-bond donors (Lipinski definition) is 1. The van der Waals surface area contributed by atoms with Crippen molar-refractivity contribution in [1.29, 1.82) is 0 Å². The van der Waals surface area contributed by atoms with E-state index in [9.17, 15) is 0 Å². The zero-order valence-corrected chi connectivity index (χ0v) is 7.72. The van der Waals surface area contributed by atoms with Crippen molar-refractivity contribution < 1.29 is 5.32 Å². The Hall–Kier alpha value is -0.530. The summed E-state index contributed by atoms with van der Waals surface area (Å²) in [5.41, 5.74) is 1.38. The number of nitrogens with two attached hydrogens (primary N) is 1. The summed E-state index contributed by atoms with van der Waals surface area (Å²) >= 11 is 5.91. The Bertz CT molecular complexity index is 266. The fourth-order valence-corrected chi connectivity index (χ4v) is 2.01. The topological polar surface area (TPSA) is 16.6 Å². The fourth-order valence-electron chi connectivity index (χ4n) is 1.81. The minimum absolute atomic E-state index is 0.656. The number of benzene rings is 1. The maximum atomic E-state index is 5.91. The second kappa shape index (κ2) is 3.46. The van der Waals surface area contributed by atoms with E-state index in [1.165, 1.54) is 24.9 Å². The zero-order chi connectivity index (χ0) is 8.39. The van der Waals surface area contributed by atoms with Gasteiger partial charge in [0.05, 0.1) is 6.54 Å². The average molecular weight is 183 g/mol. The number of hydrogen-bond acceptors (Lipinski definition) is 0. The summed E-state index contributed by atoms with van der Waals surface area (Å²) < 4.78 is 0. The average Bonchev–Trinajstić information content (AvgIpc) is 2.56. The highest BCUT2D eigenvalue weighted by molar-refractivity contribution is 6.30. The molecular weight excluding hydrogens is 170 g/mol. The van der Waals surface area contributed by atoms with E-state index in [4.69, 9.17) is 11.6 Å². The standard InChI is InChI=1S/C10H12ClN/c11-9-4-1-3-8(7-9)10-5-2-6-12-10/h1,3-4,7,10,12H,2,5-6H2/p+1/t10-/m1/s1. The van der Waals surface area contributed by atoms with Gasteiger partial charge in [-0.1, -0.05) is 23.7 Å². The lowest BCUT2D eigenvalue weighted by Crippen LogP contribution is -2.81. The van der Waals surface area contributed by atoms with E-state index in [-0.39, 0.29) is 0 Å². The van der Waals surface area contributed by atoms with Gasteiger partial charge in [0, 0.05) is 23.4 Å². The monoisotopic (exact) mass is 182 g/mol. The molecule has 0 saturated carbocycles. The molecule has 1 heterocycles. The quantitative estimate of drug-likeness (QED) is 0.682. The summed E-state index contributed by atoms with van der Waals surface area (Å²) in [6.07, 6.45) is 2.62. The number of rotatable bonds is 1. The third-order valence-corrected chi connectivity index (χ3v) is 2.68. The molecule has 0 aliphatic carbocycles. The largest absolute Gasteiger partial charge is 0.340 e. The Morgan fingerprint density at radius 1 is 1.42 bits per heavy atom. The van der Waals surface area contributed by atoms with E-state index in [1.54, 1.807) is 0 Å². The maximum absolute atomic E-state index is 5.91. The van der Waals surface area contributed by atoms with Crippen molar-refractivity contribution in [2.75, 3.05) is 6.54 Å². The molecule has 2 rings (SSSR count). The Labute approximate surface area is 77.7 Å². The molecule has 0 radical (unpaired) electrons. The second-order valence-electron chi connectivity index (χ2n) is 3.33. The first-order valence-electron chi connectivity index (χ1n) is 4.45. The van der Waals surface area contributed by atoms with Gasteiger partial charge in [-0.05, 0) is 12.1 Å². The van der Waals surface area contributed by atoms with Crippen molar-refractivity contribution in [3.8, 4) is 0 Å². The van der Waals surface area contributed by atoms with Gasteiger partial charge in [0.1, 0.15) is 6.04 Å². The van der Waals surface area contributed by atoms with E-state index in [0.29, 0.717) is 6.04 Å². The van der Waals surface area contributed by atoms with Crippen LogP contribution in [0.5, 0.6) is 0 Å². The van der Waals surface area contributed by atoms with Crippen LogP contribution in [0.25, 0.3) is 0 Å². The lowest BCUT2D eigenvalue weighted by molar-refractivity contribution is -0.676. The molecular formula is C10H13ClN+. The molecule has 0 unspecified atom stereocenters. The van der Waals surface area contributed by atoms with Crippen LogP contribution in [-0.4, -0.2) is 6.54 Å². The predicted octanol–water partition coefficient (Wildman–Crippen LogP) is 1.74. The van der Waals surface area contributed by atoms with Gasteiger partial charge in [-0.25, -0.2) is 0 Å². The molecule has 0 bridgehead atoms. The van der Waals surface area contributed by atoms with Crippen molar-refractivity contribution in [3.63, 3.8) is 0 Å². The lowest BCUT2D eigenvalue weighted by atomic mass is 10.1. The van der Waals surface area contributed by atoms with E-state index >= 15 is 0 Å². The van der Waals surface area contributed by atoms with Crippen LogP contribution in [0.4, 0.5) is 0 Å². The summed E-state index contributed by atoms with van der Waals surface area (Å²) in [6.45, 7) is 1.26. The third-order valence-electron chi connectivity index (χ3n) is 2.45. The summed E-state index contributed by atoms with van der Waals surface area (Å²) in [4.78, 5) is 0. The van der Waals surface area contributed by atoms with Crippen molar-refractivity contribution in [2.24, 2.45) is 0 Å². The Morgan fingerprint density at radius 2 is 2.33 bits per heavy atom. The van der Waals surface area contributed by atoms with Gasteiger partial charge in [-0.15, -0.1) is 0 Å². The van der Waals surface area contributed by atoms with Crippen molar-refractivity contribution >= 4 is 11.6 Å². The third kappa shape index (κ3) is 1.62. The first kappa shape index (κ1) is 8.09. The van der Waals surface area contributed by atoms with Crippen LogP contribution in [0.15, 0.2) is 24.3 Å². The lowest BCUT2D eigenvalue weighted by Gasteiger charge is -2.06. The molecule has 1 aliphatic rings. The SMILES string of the molecule is Clc1cccc([C@H]2CCC[NH2+]2)c1. The van der Waals surface area contributed by atoms with Crippen LogP contribution in [0.3, 0.4) is 0 Å². The Kier molecular flexibility index (Phi) is 2.33. The van der Waals surface area contributed by atoms with E-state index < -0.39 is 0 Å². The summed E-state index contributed by atoms with van der Waals surface area (Å²) in [5, 5.41) is 3.25. The fraction of sp³-hybridized carbons (Fsp3) is 0.400. The second-order valence-corrected chi connectivity index (χ2v) is 3.76. The Morgan fingerprint density at radius 3 is 3.00 bits per heavy atom. The van der Waals surface area contributed by atoms with Gasteiger partial charge in [0.2, 0.25) is 0 Å². The highest BCUT2D eigenvalue weighted by Gasteiger charge is 2.19. The van der Waals surface area contributed by atoms with Gasteiger partial charge >= 0.3 is 0 Å². The Balaban J connectivity index is 2.21. The minimum Gasteiger partial charge on any atom is -0.340 e. The van der Waals surface area contributed by atoms with Crippen LogP contribution in [0, 0.1) is 0 Å². The van der Waals surface area contributed by atoms with Crippen molar-refractivity contribution in [1.82, 2.24) is 0 Å². The first-order valence-corrected chi connectivity index (χ1v) is 4.83. The van der Waals surface area contributed by atoms with Crippen LogP contribution < -0.4 is 5.32 Å². The van der Waals surface area contributed by atoms with E-state index in [0.717, 1.165) is 5.02 Å². The zero-order valence-electron chi connectivity index (χ0n) is 6.96. The highest BCUT2D eigenvalue weighted by Crippen LogP contribution is 2.20. The number of quaternary nitrogens is 1. The molecule has 64 valence electrons. The molecule has 1 fully saturated rings. The first-order chi connectivity index (χ1) is 5.86. The predicted molar refractivity (Wildman–Crippen MR) is 50.2 cm³/mol. The molecule has 1 saturated heterocycles. The summed E-state index contributed by atoms with van der Waals surface area (Å²) in [6, 6.07) is 8.86. The molecule has 0 spiro atoms. The van der Waals surface area contributed by atoms with Crippen molar-refractivity contribution in [3.05, 3.63) is 34.9 Å². The van der Waals surface area contributed by atoms with Crippen molar-refractivity contribution in [2.45, 2.75) is 18.9 Å².